The summed E-state index contributed by atoms with van der Waals surface area (Å²) in [5.41, 5.74) is 1.70. The number of benzene rings is 2. The summed E-state index contributed by atoms with van der Waals surface area (Å²) >= 11 is -3.68. The van der Waals surface area contributed by atoms with Crippen LogP contribution in [0.15, 0.2) is 58.3 Å². The van der Waals surface area contributed by atoms with Crippen LogP contribution in [0.3, 0.4) is 0 Å². The van der Waals surface area contributed by atoms with Gasteiger partial charge in [0, 0.05) is 0 Å². The number of rotatable bonds is 6. The molecule has 0 heterocycles. The van der Waals surface area contributed by atoms with Crippen molar-refractivity contribution in [3.8, 4) is 0 Å². The van der Waals surface area contributed by atoms with E-state index >= 15 is 0 Å². The lowest BCUT2D eigenvalue weighted by Crippen LogP contribution is -2.47. The Hall–Kier alpha value is -1.46. The summed E-state index contributed by atoms with van der Waals surface area (Å²) in [5.74, 6) is 0. The van der Waals surface area contributed by atoms with Crippen molar-refractivity contribution in [1.82, 2.24) is 12.3 Å². The van der Waals surface area contributed by atoms with Crippen LogP contribution in [0.4, 0.5) is 0 Å². The van der Waals surface area contributed by atoms with Crippen LogP contribution in [-0.4, -0.2) is 48.2 Å². The first-order valence-electron chi connectivity index (χ1n) is 9.85. The lowest BCUT2D eigenvalue weighted by Gasteiger charge is -2.34. The molecule has 0 aliphatic heterocycles. The van der Waals surface area contributed by atoms with Crippen molar-refractivity contribution < 1.29 is 22.0 Å². The molecule has 0 bridgehead atoms. The first-order valence-corrected chi connectivity index (χ1v) is 12.1. The summed E-state index contributed by atoms with van der Waals surface area (Å²) in [4.78, 5) is 0.977. The van der Waals surface area contributed by atoms with Crippen LogP contribution in [0, 0.1) is 13.8 Å². The molecule has 0 aromatic heterocycles. The Balaban J connectivity index is -0.000000368. The van der Waals surface area contributed by atoms with E-state index in [9.17, 15) is 8.42 Å². The van der Waals surface area contributed by atoms with E-state index in [0.29, 0.717) is 9.79 Å². The van der Waals surface area contributed by atoms with Gasteiger partial charge >= 0.3 is 0 Å². The van der Waals surface area contributed by atoms with Crippen LogP contribution in [0.25, 0.3) is 0 Å². The maximum absolute atomic E-state index is 10.5. The first-order chi connectivity index (χ1) is 13.7. The Labute approximate surface area is 193 Å². The van der Waals surface area contributed by atoms with Crippen molar-refractivity contribution in [1.29, 1.82) is 0 Å². The average molecular weight is 477 g/mol. The molecule has 9 heteroatoms. The molecule has 0 amide bonds. The molecule has 7 nitrogen and oxygen atoms in total. The van der Waals surface area contributed by atoms with Crippen molar-refractivity contribution in [2.45, 2.75) is 51.3 Å². The minimum Gasteiger partial charge on any atom is -0.344 e. The highest BCUT2D eigenvalue weighted by atomic mass is 32.2. The second-order valence-electron chi connectivity index (χ2n) is 6.64. The summed E-state index contributed by atoms with van der Waals surface area (Å²) in [6.07, 6.45) is 0. The normalized spacial score (nSPS) is 11.9. The Morgan fingerprint density at radius 1 is 0.645 bits per heavy atom. The van der Waals surface area contributed by atoms with E-state index < -0.39 is 22.2 Å². The SMILES string of the molecule is CC[N+](CC)(CC)CC.Cc1ccccc1S(=O)O.Cc1ccccc1S(=O)O.N.N. The third-order valence-electron chi connectivity index (χ3n) is 5.25. The lowest BCUT2D eigenvalue weighted by atomic mass is 10.2. The summed E-state index contributed by atoms with van der Waals surface area (Å²) in [6, 6.07) is 14.1. The Morgan fingerprint density at radius 3 is 1.03 bits per heavy atom. The molecule has 2 rings (SSSR count). The van der Waals surface area contributed by atoms with Gasteiger partial charge in [0.1, 0.15) is 0 Å². The molecular formula is C22H42N3O4S2+. The molecule has 8 N–H and O–H groups in total. The molecular weight excluding hydrogens is 434 g/mol. The van der Waals surface area contributed by atoms with Gasteiger partial charge in [0.25, 0.3) is 0 Å². The zero-order valence-electron chi connectivity index (χ0n) is 19.8. The molecule has 0 aliphatic rings. The minimum atomic E-state index is -1.84. The van der Waals surface area contributed by atoms with Crippen LogP contribution < -0.4 is 12.3 Å². The van der Waals surface area contributed by atoms with Crippen molar-refractivity contribution >= 4 is 22.2 Å². The van der Waals surface area contributed by atoms with Gasteiger partial charge in [0.15, 0.2) is 22.2 Å². The second-order valence-corrected chi connectivity index (χ2v) is 8.51. The largest absolute Gasteiger partial charge is 0.344 e. The van der Waals surface area contributed by atoms with Crippen molar-refractivity contribution in [3.63, 3.8) is 0 Å². The highest BCUT2D eigenvalue weighted by Crippen LogP contribution is 2.10. The quantitative estimate of drug-likeness (QED) is 0.326. The second kappa shape index (κ2) is 18.1. The van der Waals surface area contributed by atoms with Crippen molar-refractivity contribution in [3.05, 3.63) is 59.7 Å². The molecule has 0 aliphatic carbocycles. The first kappa shape index (κ1) is 34.2. The fourth-order valence-corrected chi connectivity index (χ4v) is 3.92. The number of aryl methyl sites for hydroxylation is 2. The average Bonchev–Trinajstić information content (AvgIpc) is 2.71. The molecule has 0 saturated carbocycles. The van der Waals surface area contributed by atoms with E-state index in [0.717, 1.165) is 11.1 Å². The molecule has 0 fully saturated rings. The maximum atomic E-state index is 10.5. The molecule has 2 aromatic rings. The van der Waals surface area contributed by atoms with Gasteiger partial charge in [-0.2, -0.15) is 0 Å². The fraction of sp³-hybridized carbons (Fsp3) is 0.455. The predicted molar refractivity (Wildman–Crippen MR) is 133 cm³/mol. The molecule has 31 heavy (non-hydrogen) atoms. The smallest absolute Gasteiger partial charge is 0.186 e. The van der Waals surface area contributed by atoms with Gasteiger partial charge in [-0.25, -0.2) is 8.42 Å². The highest BCUT2D eigenvalue weighted by Gasteiger charge is 2.16. The van der Waals surface area contributed by atoms with Crippen LogP contribution >= 0.6 is 0 Å². The van der Waals surface area contributed by atoms with Crippen molar-refractivity contribution in [2.75, 3.05) is 26.2 Å². The lowest BCUT2D eigenvalue weighted by molar-refractivity contribution is -0.921. The van der Waals surface area contributed by atoms with Gasteiger partial charge in [-0.3, -0.25) is 0 Å². The Bertz CT molecular complexity index is 712. The van der Waals surface area contributed by atoms with Crippen LogP contribution in [0.1, 0.15) is 38.8 Å². The van der Waals surface area contributed by atoms with Crippen molar-refractivity contribution in [2.24, 2.45) is 0 Å². The van der Waals surface area contributed by atoms with Gasteiger partial charge in [-0.1, -0.05) is 36.4 Å². The van der Waals surface area contributed by atoms with E-state index in [4.69, 9.17) is 9.11 Å². The van der Waals surface area contributed by atoms with Crippen LogP contribution in [0.2, 0.25) is 0 Å². The predicted octanol–water partition coefficient (Wildman–Crippen LogP) is 5.36. The summed E-state index contributed by atoms with van der Waals surface area (Å²) in [7, 11) is 0. The summed E-state index contributed by atoms with van der Waals surface area (Å²) in [6.45, 7) is 17.8. The van der Waals surface area contributed by atoms with Gasteiger partial charge in [0.05, 0.1) is 36.0 Å². The topological polar surface area (TPSA) is 145 Å². The van der Waals surface area contributed by atoms with E-state index in [1.54, 1.807) is 24.3 Å². The minimum absolute atomic E-state index is 0. The van der Waals surface area contributed by atoms with Crippen LogP contribution in [0.5, 0.6) is 0 Å². The summed E-state index contributed by atoms with van der Waals surface area (Å²) < 4.78 is 39.7. The van der Waals surface area contributed by atoms with Gasteiger partial charge < -0.3 is 25.9 Å². The zero-order valence-corrected chi connectivity index (χ0v) is 21.5. The van der Waals surface area contributed by atoms with E-state index in [1.165, 1.54) is 30.7 Å². The number of nitrogens with zero attached hydrogens (tertiary/aromatic N) is 1. The number of hydrogen-bond acceptors (Lipinski definition) is 4. The summed E-state index contributed by atoms with van der Waals surface area (Å²) in [5, 5.41) is 0. The zero-order chi connectivity index (χ0) is 22.4. The molecule has 180 valence electrons. The molecule has 2 aromatic carbocycles. The molecule has 0 spiro atoms. The molecule has 0 saturated heterocycles. The van der Waals surface area contributed by atoms with E-state index in [1.807, 2.05) is 38.1 Å². The van der Waals surface area contributed by atoms with Crippen LogP contribution in [-0.2, 0) is 22.2 Å². The molecule has 0 radical (unpaired) electrons. The Kier molecular flexibility index (Phi) is 20.0. The number of quaternary nitrogens is 1. The molecule has 2 atom stereocenters. The van der Waals surface area contributed by atoms with Gasteiger partial charge in [-0.15, -0.1) is 0 Å². The third kappa shape index (κ3) is 12.2. The monoisotopic (exact) mass is 476 g/mol. The van der Waals surface area contributed by atoms with Gasteiger partial charge in [0.2, 0.25) is 0 Å². The fourth-order valence-electron chi connectivity index (χ4n) is 2.85. The number of hydrogen-bond donors (Lipinski definition) is 4. The van der Waals surface area contributed by atoms with E-state index in [2.05, 4.69) is 27.7 Å². The molecule has 2 unspecified atom stereocenters. The Morgan fingerprint density at radius 2 is 0.903 bits per heavy atom. The van der Waals surface area contributed by atoms with E-state index in [-0.39, 0.29) is 12.3 Å². The van der Waals surface area contributed by atoms with Gasteiger partial charge in [-0.05, 0) is 64.8 Å². The third-order valence-corrected chi connectivity index (χ3v) is 6.92. The highest BCUT2D eigenvalue weighted by molar-refractivity contribution is 7.79. The maximum Gasteiger partial charge on any atom is 0.186 e. The standard InChI is InChI=1S/C8H20N.2C7H8O2S.2H3N/c1-5-9(6-2,7-3)8-4;2*1-6-4-2-3-5-7(6)10(8)9;;/h5-8H2,1-4H3;2*2-5H,1H3,(H,8,9);2*1H3/q+1;;;;.